The Morgan fingerprint density at radius 1 is 1.41 bits per heavy atom. The van der Waals surface area contributed by atoms with E-state index < -0.39 is 0 Å². The molecule has 94 valence electrons. The highest BCUT2D eigenvalue weighted by Crippen LogP contribution is 1.99. The number of nitrogens with zero attached hydrogens (tertiary/aromatic N) is 2. The third-order valence-corrected chi connectivity index (χ3v) is 2.72. The summed E-state index contributed by atoms with van der Waals surface area (Å²) < 4.78 is 4.63. The Labute approximate surface area is 103 Å². The van der Waals surface area contributed by atoms with Gasteiger partial charge in [-0.05, 0) is 18.7 Å². The molecule has 0 aliphatic heterocycles. The van der Waals surface area contributed by atoms with Crippen LogP contribution >= 0.6 is 0 Å². The van der Waals surface area contributed by atoms with Gasteiger partial charge in [0.15, 0.2) is 0 Å². The van der Waals surface area contributed by atoms with E-state index in [4.69, 9.17) is 0 Å². The normalized spacial score (nSPS) is 10.5. The number of carbonyl (C=O) groups is 1. The van der Waals surface area contributed by atoms with E-state index in [9.17, 15) is 4.79 Å². The van der Waals surface area contributed by atoms with Crippen LogP contribution in [0.4, 0.5) is 0 Å². The zero-order valence-electron chi connectivity index (χ0n) is 10.6. The number of hydrogen-bond acceptors (Lipinski definition) is 4. The first kappa shape index (κ1) is 13.6. The third kappa shape index (κ3) is 5.45. The number of hydrogen-bond donors (Lipinski definition) is 0. The van der Waals surface area contributed by atoms with Crippen molar-refractivity contribution in [3.8, 4) is 0 Å². The lowest BCUT2D eigenvalue weighted by molar-refractivity contribution is -0.140. The minimum atomic E-state index is -0.152. The molecule has 1 aromatic rings. The maximum Gasteiger partial charge on any atom is 0.306 e. The van der Waals surface area contributed by atoms with Gasteiger partial charge in [-0.25, -0.2) is 0 Å². The Bertz CT molecular complexity index is 327. The van der Waals surface area contributed by atoms with Gasteiger partial charge in [0, 0.05) is 31.4 Å². The Kier molecular flexibility index (Phi) is 6.25. The second kappa shape index (κ2) is 7.79. The maximum absolute atomic E-state index is 11.0. The molecule has 0 atom stereocenters. The van der Waals surface area contributed by atoms with E-state index in [2.05, 4.69) is 21.5 Å². The van der Waals surface area contributed by atoms with Gasteiger partial charge in [0.05, 0.1) is 13.5 Å². The summed E-state index contributed by atoms with van der Waals surface area (Å²) >= 11 is 0. The van der Waals surface area contributed by atoms with Crippen LogP contribution in [0.3, 0.4) is 0 Å². The summed E-state index contributed by atoms with van der Waals surface area (Å²) in [6.45, 7) is 4.69. The quantitative estimate of drug-likeness (QED) is 0.673. The van der Waals surface area contributed by atoms with Crippen LogP contribution in [0.2, 0.25) is 0 Å². The molecule has 0 N–H and O–H groups in total. The van der Waals surface area contributed by atoms with E-state index >= 15 is 0 Å². The zero-order chi connectivity index (χ0) is 12.5. The standard InChI is InChI=1S/C13H20N2O2/c1-3-15(11-8-13(16)17-2)10-7-12-6-4-5-9-14-12/h4-6,9H,3,7-8,10-11H2,1-2H3. The van der Waals surface area contributed by atoms with Crippen molar-refractivity contribution in [1.82, 2.24) is 9.88 Å². The third-order valence-electron chi connectivity index (χ3n) is 2.72. The van der Waals surface area contributed by atoms with Crippen LogP contribution in [0.15, 0.2) is 24.4 Å². The Balaban J connectivity index is 2.30. The monoisotopic (exact) mass is 236 g/mol. The van der Waals surface area contributed by atoms with Crippen LogP contribution < -0.4 is 0 Å². The van der Waals surface area contributed by atoms with Crippen LogP contribution in [0.5, 0.6) is 0 Å². The number of esters is 1. The van der Waals surface area contributed by atoms with Crippen molar-refractivity contribution < 1.29 is 9.53 Å². The molecular formula is C13H20N2O2. The number of methoxy groups -OCH3 is 1. The summed E-state index contributed by atoms with van der Waals surface area (Å²) in [5.41, 5.74) is 1.09. The van der Waals surface area contributed by atoms with Gasteiger partial charge in [-0.15, -0.1) is 0 Å². The van der Waals surface area contributed by atoms with Gasteiger partial charge < -0.3 is 9.64 Å². The minimum Gasteiger partial charge on any atom is -0.469 e. The average Bonchev–Trinajstić information content (AvgIpc) is 2.39. The van der Waals surface area contributed by atoms with E-state index in [1.165, 1.54) is 7.11 Å². The molecule has 0 radical (unpaired) electrons. The predicted molar refractivity (Wildman–Crippen MR) is 66.7 cm³/mol. The molecule has 0 aliphatic carbocycles. The second-order valence-corrected chi connectivity index (χ2v) is 3.83. The summed E-state index contributed by atoms with van der Waals surface area (Å²) in [4.78, 5) is 17.6. The van der Waals surface area contributed by atoms with Gasteiger partial charge >= 0.3 is 5.97 Å². The highest BCUT2D eigenvalue weighted by atomic mass is 16.5. The van der Waals surface area contributed by atoms with Gasteiger partial charge in [0.25, 0.3) is 0 Å². The number of pyridine rings is 1. The van der Waals surface area contributed by atoms with Crippen molar-refractivity contribution in [3.05, 3.63) is 30.1 Å². The highest BCUT2D eigenvalue weighted by Gasteiger charge is 2.06. The fraction of sp³-hybridized carbons (Fsp3) is 0.538. The van der Waals surface area contributed by atoms with E-state index in [-0.39, 0.29) is 5.97 Å². The van der Waals surface area contributed by atoms with E-state index in [1.807, 2.05) is 18.2 Å². The minimum absolute atomic E-state index is 0.152. The smallest absolute Gasteiger partial charge is 0.306 e. The molecule has 0 saturated heterocycles. The lowest BCUT2D eigenvalue weighted by Crippen LogP contribution is -2.28. The zero-order valence-corrected chi connectivity index (χ0v) is 10.6. The lowest BCUT2D eigenvalue weighted by atomic mass is 10.2. The molecule has 4 heteroatoms. The van der Waals surface area contributed by atoms with Crippen LogP contribution in [-0.4, -0.2) is 42.6 Å². The first-order chi connectivity index (χ1) is 8.26. The molecule has 0 spiro atoms. The highest BCUT2D eigenvalue weighted by molar-refractivity contribution is 5.69. The number of ether oxygens (including phenoxy) is 1. The van der Waals surface area contributed by atoms with Gasteiger partial charge in [0.2, 0.25) is 0 Å². The fourth-order valence-electron chi connectivity index (χ4n) is 1.60. The van der Waals surface area contributed by atoms with Gasteiger partial charge in [-0.1, -0.05) is 13.0 Å². The van der Waals surface area contributed by atoms with Crippen molar-refractivity contribution in [2.24, 2.45) is 0 Å². The maximum atomic E-state index is 11.0. The Morgan fingerprint density at radius 3 is 2.82 bits per heavy atom. The fourth-order valence-corrected chi connectivity index (χ4v) is 1.60. The average molecular weight is 236 g/mol. The molecule has 0 fully saturated rings. The van der Waals surface area contributed by atoms with Crippen LogP contribution in [0, 0.1) is 0 Å². The molecule has 4 nitrogen and oxygen atoms in total. The van der Waals surface area contributed by atoms with Crippen molar-refractivity contribution >= 4 is 5.97 Å². The SMILES string of the molecule is CCN(CCC(=O)OC)CCc1ccccn1. The van der Waals surface area contributed by atoms with Crippen molar-refractivity contribution in [2.45, 2.75) is 19.8 Å². The molecule has 1 heterocycles. The molecule has 0 saturated carbocycles. The molecule has 0 aromatic carbocycles. The molecule has 1 aromatic heterocycles. The first-order valence-corrected chi connectivity index (χ1v) is 5.95. The van der Waals surface area contributed by atoms with E-state index in [1.54, 1.807) is 6.20 Å². The summed E-state index contributed by atoms with van der Waals surface area (Å²) in [5, 5.41) is 0. The molecule has 1 rings (SSSR count). The van der Waals surface area contributed by atoms with Crippen molar-refractivity contribution in [1.29, 1.82) is 0 Å². The molecule has 0 bridgehead atoms. The van der Waals surface area contributed by atoms with Crippen molar-refractivity contribution in [3.63, 3.8) is 0 Å². The molecular weight excluding hydrogens is 216 g/mol. The van der Waals surface area contributed by atoms with Crippen LogP contribution in [0.25, 0.3) is 0 Å². The lowest BCUT2D eigenvalue weighted by Gasteiger charge is -2.19. The Hall–Kier alpha value is -1.42. The summed E-state index contributed by atoms with van der Waals surface area (Å²) in [6.07, 6.45) is 3.17. The summed E-state index contributed by atoms with van der Waals surface area (Å²) in [7, 11) is 1.42. The van der Waals surface area contributed by atoms with Gasteiger partial charge in [-0.2, -0.15) is 0 Å². The molecule has 0 amide bonds. The van der Waals surface area contributed by atoms with Crippen LogP contribution in [-0.2, 0) is 16.0 Å². The van der Waals surface area contributed by atoms with Crippen molar-refractivity contribution in [2.75, 3.05) is 26.7 Å². The van der Waals surface area contributed by atoms with E-state index in [0.717, 1.165) is 31.7 Å². The van der Waals surface area contributed by atoms with Gasteiger partial charge in [-0.3, -0.25) is 9.78 Å². The molecule has 17 heavy (non-hydrogen) atoms. The Morgan fingerprint density at radius 2 is 2.24 bits per heavy atom. The number of carbonyl (C=O) groups excluding carboxylic acids is 1. The molecule has 0 unspecified atom stereocenters. The number of rotatable bonds is 7. The summed E-state index contributed by atoms with van der Waals surface area (Å²) in [5.74, 6) is -0.152. The second-order valence-electron chi connectivity index (χ2n) is 3.83. The van der Waals surface area contributed by atoms with Gasteiger partial charge in [0.1, 0.15) is 0 Å². The predicted octanol–water partition coefficient (Wildman–Crippen LogP) is 1.51. The van der Waals surface area contributed by atoms with Crippen LogP contribution in [0.1, 0.15) is 19.0 Å². The molecule has 0 aliphatic rings. The number of aromatic nitrogens is 1. The first-order valence-electron chi connectivity index (χ1n) is 5.95. The number of likely N-dealkylation sites (N-methyl/N-ethyl adjacent to an activating group) is 1. The van der Waals surface area contributed by atoms with E-state index in [0.29, 0.717) is 6.42 Å². The summed E-state index contributed by atoms with van der Waals surface area (Å²) in [6, 6.07) is 5.93. The topological polar surface area (TPSA) is 42.4 Å². The largest absolute Gasteiger partial charge is 0.469 e.